The summed E-state index contributed by atoms with van der Waals surface area (Å²) in [5.41, 5.74) is 0.339. The van der Waals surface area contributed by atoms with Gasteiger partial charge in [0.2, 0.25) is 0 Å². The summed E-state index contributed by atoms with van der Waals surface area (Å²) in [6.45, 7) is 6.26. The van der Waals surface area contributed by atoms with Crippen LogP contribution < -0.4 is 4.90 Å². The van der Waals surface area contributed by atoms with Crippen LogP contribution in [0.1, 0.15) is 12.8 Å². The van der Waals surface area contributed by atoms with Gasteiger partial charge in [0.1, 0.15) is 12.2 Å². The second kappa shape index (κ2) is 8.00. The van der Waals surface area contributed by atoms with E-state index in [0.717, 1.165) is 51.4 Å². The summed E-state index contributed by atoms with van der Waals surface area (Å²) < 4.78 is 17.4. The van der Waals surface area contributed by atoms with Crippen molar-refractivity contribution in [3.05, 3.63) is 24.5 Å². The third-order valence-electron chi connectivity index (χ3n) is 5.49. The van der Waals surface area contributed by atoms with Crippen LogP contribution in [0.2, 0.25) is 0 Å². The first-order valence-electron chi connectivity index (χ1n) is 9.46. The van der Waals surface area contributed by atoms with Crippen molar-refractivity contribution in [2.45, 2.75) is 18.4 Å². The molecule has 142 valence electrons. The summed E-state index contributed by atoms with van der Waals surface area (Å²) in [7, 11) is 0. The van der Waals surface area contributed by atoms with Crippen LogP contribution in [0.5, 0.6) is 0 Å². The van der Waals surface area contributed by atoms with E-state index in [1.165, 1.54) is 0 Å². The molecule has 1 aromatic rings. The van der Waals surface area contributed by atoms with Crippen LogP contribution in [0.15, 0.2) is 24.5 Å². The number of carbonyl (C=O) groups excluding carboxylic acids is 1. The Morgan fingerprint density at radius 1 is 1.19 bits per heavy atom. The van der Waals surface area contributed by atoms with Gasteiger partial charge < -0.3 is 19.1 Å². The second-order valence-electron chi connectivity index (χ2n) is 7.51. The average Bonchev–Trinajstić information content (AvgIpc) is 2.88. The van der Waals surface area contributed by atoms with Crippen LogP contribution in [-0.2, 0) is 19.0 Å². The molecule has 1 spiro atoms. The van der Waals surface area contributed by atoms with Gasteiger partial charge in [-0.15, -0.1) is 0 Å². The first-order valence-corrected chi connectivity index (χ1v) is 9.46. The molecule has 0 aliphatic carbocycles. The van der Waals surface area contributed by atoms with Crippen LogP contribution in [0, 0.1) is 5.92 Å². The molecular formula is C19H27N3O4. The van der Waals surface area contributed by atoms with Gasteiger partial charge in [-0.25, -0.2) is 0 Å². The first-order chi connectivity index (χ1) is 12.7. The fraction of sp³-hybridized carbons (Fsp3) is 0.684. The Morgan fingerprint density at radius 3 is 2.88 bits per heavy atom. The van der Waals surface area contributed by atoms with E-state index in [-0.39, 0.29) is 12.5 Å². The Kier molecular flexibility index (Phi) is 5.49. The van der Waals surface area contributed by atoms with Crippen molar-refractivity contribution in [2.75, 3.05) is 64.1 Å². The zero-order valence-corrected chi connectivity index (χ0v) is 15.1. The minimum absolute atomic E-state index is 0.0242. The molecule has 26 heavy (non-hydrogen) atoms. The molecule has 1 atom stereocenters. The fourth-order valence-corrected chi connectivity index (χ4v) is 4.08. The number of hydrogen-bond acceptors (Lipinski definition) is 6. The summed E-state index contributed by atoms with van der Waals surface area (Å²) >= 11 is 0. The molecule has 3 fully saturated rings. The monoisotopic (exact) mass is 361 g/mol. The Labute approximate surface area is 154 Å². The number of pyridine rings is 1. The second-order valence-corrected chi connectivity index (χ2v) is 7.51. The molecule has 3 aliphatic heterocycles. The molecule has 3 aliphatic rings. The molecule has 0 radical (unpaired) electrons. The molecule has 0 bridgehead atoms. The molecule has 3 saturated heterocycles. The molecule has 0 saturated carbocycles. The van der Waals surface area contributed by atoms with E-state index in [1.54, 1.807) is 17.3 Å². The van der Waals surface area contributed by atoms with Gasteiger partial charge >= 0.3 is 0 Å². The topological polar surface area (TPSA) is 64.1 Å². The Hall–Kier alpha value is -1.54. The third-order valence-corrected chi connectivity index (χ3v) is 5.49. The lowest BCUT2D eigenvalue weighted by Gasteiger charge is -2.43. The van der Waals surface area contributed by atoms with Crippen molar-refractivity contribution < 1.29 is 19.0 Å². The van der Waals surface area contributed by atoms with E-state index in [4.69, 9.17) is 14.2 Å². The fourth-order valence-electron chi connectivity index (χ4n) is 4.08. The number of anilines is 1. The van der Waals surface area contributed by atoms with Crippen molar-refractivity contribution in [1.29, 1.82) is 0 Å². The highest BCUT2D eigenvalue weighted by molar-refractivity contribution is 5.95. The Bertz CT molecular complexity index is 608. The van der Waals surface area contributed by atoms with Gasteiger partial charge in [-0.1, -0.05) is 0 Å². The number of hydrogen-bond donors (Lipinski definition) is 0. The standard InChI is InChI=1S/C19H27N3O4/c23-18-12-26-19(14-22(18)17-2-1-5-20-10-17)13-21(6-9-25-15-19)11-16-3-7-24-8-4-16/h1-2,5,10,16H,3-4,6-9,11-15H2/t19-/m0/s1. The molecule has 7 heteroatoms. The molecule has 0 aromatic carbocycles. The maximum absolute atomic E-state index is 12.4. The van der Waals surface area contributed by atoms with E-state index in [9.17, 15) is 4.79 Å². The predicted molar refractivity (Wildman–Crippen MR) is 96.1 cm³/mol. The number of rotatable bonds is 3. The van der Waals surface area contributed by atoms with Gasteiger partial charge in [-0.2, -0.15) is 0 Å². The Balaban J connectivity index is 1.47. The van der Waals surface area contributed by atoms with Crippen molar-refractivity contribution in [2.24, 2.45) is 5.92 Å². The normalized spacial score (nSPS) is 29.1. The summed E-state index contributed by atoms with van der Waals surface area (Å²) in [5, 5.41) is 0. The first kappa shape index (κ1) is 17.9. The van der Waals surface area contributed by atoms with E-state index >= 15 is 0 Å². The quantitative estimate of drug-likeness (QED) is 0.799. The largest absolute Gasteiger partial charge is 0.381 e. The zero-order valence-electron chi connectivity index (χ0n) is 15.1. The molecule has 1 amide bonds. The summed E-state index contributed by atoms with van der Waals surface area (Å²) in [6, 6.07) is 3.77. The van der Waals surface area contributed by atoms with Crippen LogP contribution >= 0.6 is 0 Å². The number of nitrogens with zero attached hydrogens (tertiary/aromatic N) is 3. The van der Waals surface area contributed by atoms with Gasteiger partial charge in [0.05, 0.1) is 31.6 Å². The molecule has 7 nitrogen and oxygen atoms in total. The number of carbonyl (C=O) groups is 1. The maximum atomic E-state index is 12.4. The van der Waals surface area contributed by atoms with Gasteiger partial charge in [-0.05, 0) is 30.9 Å². The van der Waals surface area contributed by atoms with Gasteiger partial charge in [0, 0.05) is 39.0 Å². The zero-order chi connectivity index (χ0) is 17.8. The summed E-state index contributed by atoms with van der Waals surface area (Å²) in [5.74, 6) is 0.641. The highest BCUT2D eigenvalue weighted by Gasteiger charge is 2.43. The maximum Gasteiger partial charge on any atom is 0.253 e. The summed E-state index contributed by atoms with van der Waals surface area (Å²) in [6.07, 6.45) is 5.68. The van der Waals surface area contributed by atoms with Crippen molar-refractivity contribution in [3.8, 4) is 0 Å². The lowest BCUT2D eigenvalue weighted by molar-refractivity contribution is -0.146. The lowest BCUT2D eigenvalue weighted by Crippen LogP contribution is -2.61. The summed E-state index contributed by atoms with van der Waals surface area (Å²) in [4.78, 5) is 20.8. The van der Waals surface area contributed by atoms with Crippen LogP contribution in [0.25, 0.3) is 0 Å². The molecule has 1 aromatic heterocycles. The number of morpholine rings is 1. The van der Waals surface area contributed by atoms with Crippen molar-refractivity contribution in [1.82, 2.24) is 9.88 Å². The number of amides is 1. The number of aromatic nitrogens is 1. The molecule has 4 rings (SSSR count). The van der Waals surface area contributed by atoms with Crippen LogP contribution in [0.3, 0.4) is 0 Å². The van der Waals surface area contributed by atoms with E-state index in [1.807, 2.05) is 12.1 Å². The number of ether oxygens (including phenoxy) is 3. The van der Waals surface area contributed by atoms with E-state index in [0.29, 0.717) is 25.7 Å². The molecular weight excluding hydrogens is 334 g/mol. The van der Waals surface area contributed by atoms with Gasteiger partial charge in [-0.3, -0.25) is 14.7 Å². The van der Waals surface area contributed by atoms with Crippen LogP contribution in [-0.4, -0.2) is 80.6 Å². The third kappa shape index (κ3) is 4.06. The highest BCUT2D eigenvalue weighted by Crippen LogP contribution is 2.28. The van der Waals surface area contributed by atoms with E-state index < -0.39 is 5.60 Å². The Morgan fingerprint density at radius 2 is 2.08 bits per heavy atom. The minimum Gasteiger partial charge on any atom is -0.381 e. The predicted octanol–water partition coefficient (Wildman–Crippen LogP) is 0.942. The molecule has 0 unspecified atom stereocenters. The van der Waals surface area contributed by atoms with Crippen molar-refractivity contribution in [3.63, 3.8) is 0 Å². The van der Waals surface area contributed by atoms with Crippen LogP contribution in [0.4, 0.5) is 5.69 Å². The van der Waals surface area contributed by atoms with E-state index in [2.05, 4.69) is 9.88 Å². The van der Waals surface area contributed by atoms with Gasteiger partial charge in [0.15, 0.2) is 0 Å². The molecule has 0 N–H and O–H groups in total. The highest BCUT2D eigenvalue weighted by atomic mass is 16.6. The smallest absolute Gasteiger partial charge is 0.253 e. The SMILES string of the molecule is O=C1CO[C@]2(COCCN(CC3CCOCC3)C2)CN1c1cccnc1. The van der Waals surface area contributed by atoms with Crippen molar-refractivity contribution >= 4 is 11.6 Å². The minimum atomic E-state index is -0.481. The average molecular weight is 361 g/mol. The lowest BCUT2D eigenvalue weighted by atomic mass is 9.97. The molecule has 4 heterocycles. The van der Waals surface area contributed by atoms with Gasteiger partial charge in [0.25, 0.3) is 5.91 Å².